The number of carbonyl (C=O) groups is 2. The normalized spacial score (nSPS) is 10.1. The van der Waals surface area contributed by atoms with Gasteiger partial charge in [-0.15, -0.1) is 0 Å². The van der Waals surface area contributed by atoms with Gasteiger partial charge in [0.05, 0.1) is 17.4 Å². The minimum absolute atomic E-state index is 0.170. The maximum atomic E-state index is 13.4. The van der Waals surface area contributed by atoms with Gasteiger partial charge in [0.2, 0.25) is 0 Å². The summed E-state index contributed by atoms with van der Waals surface area (Å²) in [5.41, 5.74) is -0.476. The van der Waals surface area contributed by atoms with Crippen molar-refractivity contribution in [2.75, 3.05) is 5.32 Å². The summed E-state index contributed by atoms with van der Waals surface area (Å²) in [6, 6.07) is 4.99. The van der Waals surface area contributed by atoms with E-state index in [9.17, 15) is 18.4 Å². The van der Waals surface area contributed by atoms with Crippen molar-refractivity contribution in [2.45, 2.75) is 0 Å². The molecule has 7 heteroatoms. The van der Waals surface area contributed by atoms with E-state index in [4.69, 9.17) is 5.11 Å². The highest BCUT2D eigenvalue weighted by Gasteiger charge is 2.13. The molecule has 1 aromatic heterocycles. The van der Waals surface area contributed by atoms with E-state index >= 15 is 0 Å². The summed E-state index contributed by atoms with van der Waals surface area (Å²) in [5, 5.41) is 11.0. The minimum Gasteiger partial charge on any atom is -0.477 e. The average Bonchev–Trinajstić information content (AvgIpc) is 2.42. The number of amides is 1. The molecular formula is C13H8F2N2O3. The van der Waals surface area contributed by atoms with E-state index < -0.39 is 29.1 Å². The molecule has 1 amide bonds. The molecule has 2 aromatic rings. The van der Waals surface area contributed by atoms with Crippen LogP contribution in [0, 0.1) is 11.6 Å². The van der Waals surface area contributed by atoms with Gasteiger partial charge in [-0.2, -0.15) is 0 Å². The Balaban J connectivity index is 2.19. The highest BCUT2D eigenvalue weighted by Crippen LogP contribution is 2.13. The molecule has 0 aliphatic rings. The maximum Gasteiger partial charge on any atom is 0.354 e. The van der Waals surface area contributed by atoms with Crippen molar-refractivity contribution in [1.29, 1.82) is 0 Å². The smallest absolute Gasteiger partial charge is 0.354 e. The van der Waals surface area contributed by atoms with Crippen molar-refractivity contribution in [3.63, 3.8) is 0 Å². The van der Waals surface area contributed by atoms with Crippen LogP contribution in [0.2, 0.25) is 0 Å². The molecule has 0 radical (unpaired) electrons. The number of hydrogen-bond acceptors (Lipinski definition) is 3. The molecule has 2 rings (SSSR count). The van der Waals surface area contributed by atoms with E-state index in [1.807, 2.05) is 0 Å². The Hall–Kier alpha value is -2.83. The van der Waals surface area contributed by atoms with Crippen molar-refractivity contribution >= 4 is 17.6 Å². The number of pyridine rings is 1. The van der Waals surface area contributed by atoms with E-state index in [-0.39, 0.29) is 11.4 Å². The lowest BCUT2D eigenvalue weighted by molar-refractivity contribution is 0.0690. The number of nitrogens with zero attached hydrogens (tertiary/aromatic N) is 1. The first-order chi connectivity index (χ1) is 9.47. The molecule has 0 unspecified atom stereocenters. The van der Waals surface area contributed by atoms with Crippen molar-refractivity contribution in [3.05, 3.63) is 59.4 Å². The third kappa shape index (κ3) is 2.94. The van der Waals surface area contributed by atoms with Crippen LogP contribution in [-0.2, 0) is 0 Å². The fourth-order valence-corrected chi connectivity index (χ4v) is 1.46. The topological polar surface area (TPSA) is 79.3 Å². The summed E-state index contributed by atoms with van der Waals surface area (Å²) in [6.45, 7) is 0. The predicted molar refractivity (Wildman–Crippen MR) is 65.5 cm³/mol. The number of rotatable bonds is 3. The molecule has 1 aromatic carbocycles. The van der Waals surface area contributed by atoms with Crippen LogP contribution < -0.4 is 5.32 Å². The zero-order valence-electron chi connectivity index (χ0n) is 9.93. The third-order valence-corrected chi connectivity index (χ3v) is 2.41. The quantitative estimate of drug-likeness (QED) is 0.903. The lowest BCUT2D eigenvalue weighted by Crippen LogP contribution is -2.14. The van der Waals surface area contributed by atoms with Crippen molar-refractivity contribution in [2.24, 2.45) is 0 Å². The second kappa shape index (κ2) is 5.43. The molecule has 0 spiro atoms. The van der Waals surface area contributed by atoms with Crippen LogP contribution in [0.1, 0.15) is 20.8 Å². The summed E-state index contributed by atoms with van der Waals surface area (Å²) >= 11 is 0. The molecule has 0 aliphatic heterocycles. The number of aromatic nitrogens is 1. The van der Waals surface area contributed by atoms with Gasteiger partial charge in [0, 0.05) is 0 Å². The Kier molecular flexibility index (Phi) is 3.69. The van der Waals surface area contributed by atoms with Crippen LogP contribution in [0.25, 0.3) is 0 Å². The Labute approximate surface area is 111 Å². The van der Waals surface area contributed by atoms with Crippen molar-refractivity contribution < 1.29 is 23.5 Å². The standard InChI is InChI=1S/C13H8F2N2O3/c14-7-1-3-10(15)9(5-7)12(18)17-8-2-4-11(13(19)20)16-6-8/h1-6H,(H,17,18)(H,19,20). The summed E-state index contributed by atoms with van der Waals surface area (Å²) in [4.78, 5) is 25.9. The number of benzene rings is 1. The van der Waals surface area contributed by atoms with Crippen LogP contribution in [0.5, 0.6) is 0 Å². The summed E-state index contributed by atoms with van der Waals surface area (Å²) in [6.07, 6.45) is 1.11. The molecular weight excluding hydrogens is 270 g/mol. The molecule has 0 saturated carbocycles. The number of carboxylic acid groups (broad SMARTS) is 1. The lowest BCUT2D eigenvalue weighted by Gasteiger charge is -2.06. The highest BCUT2D eigenvalue weighted by atomic mass is 19.1. The zero-order chi connectivity index (χ0) is 14.7. The van der Waals surface area contributed by atoms with Crippen molar-refractivity contribution in [3.8, 4) is 0 Å². The molecule has 5 nitrogen and oxygen atoms in total. The van der Waals surface area contributed by atoms with Crippen LogP contribution in [0.4, 0.5) is 14.5 Å². The van der Waals surface area contributed by atoms with Gasteiger partial charge in [-0.25, -0.2) is 18.6 Å². The Morgan fingerprint density at radius 3 is 2.50 bits per heavy atom. The summed E-state index contributed by atoms with van der Waals surface area (Å²) < 4.78 is 26.3. The third-order valence-electron chi connectivity index (χ3n) is 2.41. The lowest BCUT2D eigenvalue weighted by atomic mass is 10.2. The Morgan fingerprint density at radius 2 is 1.90 bits per heavy atom. The van der Waals surface area contributed by atoms with E-state index in [1.54, 1.807) is 0 Å². The molecule has 0 saturated heterocycles. The second-order valence-corrected chi connectivity index (χ2v) is 3.82. The first-order valence-electron chi connectivity index (χ1n) is 5.43. The first-order valence-corrected chi connectivity index (χ1v) is 5.43. The fourth-order valence-electron chi connectivity index (χ4n) is 1.46. The number of carbonyl (C=O) groups excluding carboxylic acids is 1. The molecule has 0 bridgehead atoms. The van der Waals surface area contributed by atoms with Gasteiger partial charge >= 0.3 is 5.97 Å². The van der Waals surface area contributed by atoms with Gasteiger partial charge in [0.25, 0.3) is 5.91 Å². The van der Waals surface area contributed by atoms with E-state index in [0.717, 1.165) is 24.4 Å². The predicted octanol–water partition coefficient (Wildman–Crippen LogP) is 2.31. The van der Waals surface area contributed by atoms with Crippen LogP contribution >= 0.6 is 0 Å². The molecule has 0 atom stereocenters. The van der Waals surface area contributed by atoms with Crippen LogP contribution in [-0.4, -0.2) is 22.0 Å². The largest absolute Gasteiger partial charge is 0.477 e. The van der Waals surface area contributed by atoms with Gasteiger partial charge in [-0.3, -0.25) is 4.79 Å². The zero-order valence-corrected chi connectivity index (χ0v) is 9.93. The SMILES string of the molecule is O=C(O)c1ccc(NC(=O)c2cc(F)ccc2F)cn1. The number of aromatic carboxylic acids is 1. The number of halogens is 2. The first kappa shape index (κ1) is 13.6. The fraction of sp³-hybridized carbons (Fsp3) is 0. The molecule has 1 heterocycles. The molecule has 102 valence electrons. The number of carboxylic acids is 1. The Bertz CT molecular complexity index is 672. The molecule has 20 heavy (non-hydrogen) atoms. The maximum absolute atomic E-state index is 13.4. The number of hydrogen-bond donors (Lipinski definition) is 2. The van der Waals surface area contributed by atoms with Crippen LogP contribution in [0.15, 0.2) is 36.5 Å². The molecule has 0 aliphatic carbocycles. The summed E-state index contributed by atoms with van der Waals surface area (Å²) in [7, 11) is 0. The monoisotopic (exact) mass is 278 g/mol. The van der Waals surface area contributed by atoms with E-state index in [1.165, 1.54) is 12.1 Å². The number of nitrogens with one attached hydrogen (secondary N) is 1. The van der Waals surface area contributed by atoms with E-state index in [2.05, 4.69) is 10.3 Å². The van der Waals surface area contributed by atoms with Crippen molar-refractivity contribution in [1.82, 2.24) is 4.98 Å². The minimum atomic E-state index is -1.21. The van der Waals surface area contributed by atoms with Gasteiger partial charge < -0.3 is 10.4 Å². The average molecular weight is 278 g/mol. The van der Waals surface area contributed by atoms with E-state index in [0.29, 0.717) is 0 Å². The highest BCUT2D eigenvalue weighted by molar-refractivity contribution is 6.04. The van der Waals surface area contributed by atoms with Gasteiger partial charge in [-0.05, 0) is 30.3 Å². The van der Waals surface area contributed by atoms with Gasteiger partial charge in [0.15, 0.2) is 0 Å². The van der Waals surface area contributed by atoms with Crippen LogP contribution in [0.3, 0.4) is 0 Å². The molecule has 2 N–H and O–H groups in total. The number of anilines is 1. The Morgan fingerprint density at radius 1 is 1.15 bits per heavy atom. The summed E-state index contributed by atoms with van der Waals surface area (Å²) in [5.74, 6) is -3.67. The van der Waals surface area contributed by atoms with Gasteiger partial charge in [0.1, 0.15) is 17.3 Å². The molecule has 0 fully saturated rings. The second-order valence-electron chi connectivity index (χ2n) is 3.82. The van der Waals surface area contributed by atoms with Gasteiger partial charge in [-0.1, -0.05) is 0 Å².